The number of ketones is 1. The highest BCUT2D eigenvalue weighted by molar-refractivity contribution is 9.10. The Labute approximate surface area is 147 Å². The van der Waals surface area contributed by atoms with E-state index in [4.69, 9.17) is 9.47 Å². The number of halogens is 1. The maximum absolute atomic E-state index is 12.2. The number of nitrogens with zero attached hydrogens (tertiary/aromatic N) is 1. The van der Waals surface area contributed by atoms with Gasteiger partial charge in [-0.15, -0.1) is 0 Å². The third kappa shape index (κ3) is 3.99. The van der Waals surface area contributed by atoms with E-state index in [-0.39, 0.29) is 11.5 Å². The highest BCUT2D eigenvalue weighted by atomic mass is 79.9. The quantitative estimate of drug-likeness (QED) is 0.318. The summed E-state index contributed by atoms with van der Waals surface area (Å²) >= 11 is 3.12. The Morgan fingerprint density at radius 3 is 2.46 bits per heavy atom. The van der Waals surface area contributed by atoms with Crippen molar-refractivity contribution in [2.24, 2.45) is 0 Å². The molecular weight excluding hydrogens is 378 g/mol. The molecule has 0 bridgehead atoms. The third-order valence-electron chi connectivity index (χ3n) is 3.26. The molecular formula is C17H14BrNO5. The maximum Gasteiger partial charge on any atom is 0.284 e. The average molecular weight is 392 g/mol. The number of methoxy groups -OCH3 is 2. The predicted octanol–water partition coefficient (Wildman–Crippen LogP) is 4.27. The monoisotopic (exact) mass is 391 g/mol. The van der Waals surface area contributed by atoms with E-state index in [0.29, 0.717) is 27.1 Å². The second-order valence-corrected chi connectivity index (χ2v) is 5.59. The number of carbonyl (C=O) groups excluding carboxylic acids is 1. The summed E-state index contributed by atoms with van der Waals surface area (Å²) in [5.74, 6) is 0.735. The Balaban J connectivity index is 2.25. The van der Waals surface area contributed by atoms with E-state index in [2.05, 4.69) is 15.9 Å². The van der Waals surface area contributed by atoms with Crippen molar-refractivity contribution in [3.05, 3.63) is 68.2 Å². The Hall–Kier alpha value is -2.67. The number of nitro benzene ring substituents is 1. The van der Waals surface area contributed by atoms with E-state index in [1.54, 1.807) is 30.3 Å². The SMILES string of the molecule is COc1ccc(C(=O)/C=C/c2ccc(Br)c([N+](=O)[O-])c2)cc1OC. The Kier molecular flexibility index (Phi) is 5.70. The van der Waals surface area contributed by atoms with Crippen LogP contribution in [0.5, 0.6) is 11.5 Å². The molecule has 0 atom stereocenters. The predicted molar refractivity (Wildman–Crippen MR) is 93.7 cm³/mol. The standard InChI is InChI=1S/C17H14BrNO5/c1-23-16-8-5-12(10-17(16)24-2)15(20)7-4-11-3-6-13(18)14(9-11)19(21)22/h3-10H,1-2H3/b7-4+. The Morgan fingerprint density at radius 2 is 1.83 bits per heavy atom. The van der Waals surface area contributed by atoms with Gasteiger partial charge in [0.25, 0.3) is 5.69 Å². The summed E-state index contributed by atoms with van der Waals surface area (Å²) in [6.07, 6.45) is 2.88. The maximum atomic E-state index is 12.2. The molecule has 0 aromatic heterocycles. The fraction of sp³-hybridized carbons (Fsp3) is 0.118. The van der Waals surface area contributed by atoms with Gasteiger partial charge < -0.3 is 9.47 Å². The molecule has 0 N–H and O–H groups in total. The smallest absolute Gasteiger partial charge is 0.284 e. The van der Waals surface area contributed by atoms with Gasteiger partial charge in [-0.3, -0.25) is 14.9 Å². The first kappa shape index (κ1) is 17.7. The van der Waals surface area contributed by atoms with E-state index >= 15 is 0 Å². The van der Waals surface area contributed by atoms with Gasteiger partial charge in [0.2, 0.25) is 0 Å². The van der Waals surface area contributed by atoms with Gasteiger partial charge in [0.05, 0.1) is 23.6 Å². The second kappa shape index (κ2) is 7.74. The minimum Gasteiger partial charge on any atom is -0.493 e. The number of ether oxygens (including phenoxy) is 2. The van der Waals surface area contributed by atoms with E-state index in [1.165, 1.54) is 32.4 Å². The lowest BCUT2D eigenvalue weighted by molar-refractivity contribution is -0.385. The lowest BCUT2D eigenvalue weighted by Crippen LogP contribution is -1.97. The zero-order valence-corrected chi connectivity index (χ0v) is 14.6. The van der Waals surface area contributed by atoms with Crippen molar-refractivity contribution in [2.45, 2.75) is 0 Å². The van der Waals surface area contributed by atoms with E-state index in [0.717, 1.165) is 0 Å². The number of benzene rings is 2. The van der Waals surface area contributed by atoms with Crippen LogP contribution in [0.4, 0.5) is 5.69 Å². The normalized spacial score (nSPS) is 10.6. The zero-order valence-electron chi connectivity index (χ0n) is 13.0. The first-order chi connectivity index (χ1) is 11.5. The molecule has 0 aliphatic rings. The van der Waals surface area contributed by atoms with Gasteiger partial charge in [-0.05, 0) is 51.8 Å². The number of hydrogen-bond donors (Lipinski definition) is 0. The molecule has 0 saturated heterocycles. The van der Waals surface area contributed by atoms with Crippen LogP contribution in [-0.2, 0) is 0 Å². The van der Waals surface area contributed by atoms with Crippen LogP contribution in [0.15, 0.2) is 46.9 Å². The van der Waals surface area contributed by atoms with E-state index in [9.17, 15) is 14.9 Å². The minimum absolute atomic E-state index is 0.0595. The third-order valence-corrected chi connectivity index (χ3v) is 3.93. The molecule has 0 unspecified atom stereocenters. The van der Waals surface area contributed by atoms with Crippen LogP contribution in [0.2, 0.25) is 0 Å². The summed E-state index contributed by atoms with van der Waals surface area (Å²) in [4.78, 5) is 22.7. The number of nitro groups is 1. The summed E-state index contributed by atoms with van der Waals surface area (Å²) in [6, 6.07) is 9.48. The molecule has 0 aliphatic heterocycles. The molecule has 0 saturated carbocycles. The first-order valence-electron chi connectivity index (χ1n) is 6.84. The first-order valence-corrected chi connectivity index (χ1v) is 7.64. The molecule has 0 amide bonds. The van der Waals surface area contributed by atoms with Crippen molar-refractivity contribution in [3.63, 3.8) is 0 Å². The molecule has 2 aromatic rings. The molecule has 124 valence electrons. The summed E-state index contributed by atoms with van der Waals surface area (Å²) in [5.41, 5.74) is 0.921. The zero-order chi connectivity index (χ0) is 17.7. The average Bonchev–Trinajstić information content (AvgIpc) is 2.59. The van der Waals surface area contributed by atoms with Crippen LogP contribution in [-0.4, -0.2) is 24.9 Å². The molecule has 2 rings (SSSR count). The molecule has 6 nitrogen and oxygen atoms in total. The Morgan fingerprint density at radius 1 is 1.12 bits per heavy atom. The summed E-state index contributed by atoms with van der Waals surface area (Å²) in [6.45, 7) is 0. The van der Waals surface area contributed by atoms with Crippen molar-refractivity contribution in [1.82, 2.24) is 0 Å². The molecule has 0 spiro atoms. The summed E-state index contributed by atoms with van der Waals surface area (Å²) in [5, 5.41) is 10.9. The van der Waals surface area contributed by atoms with Gasteiger partial charge in [-0.1, -0.05) is 12.1 Å². The fourth-order valence-corrected chi connectivity index (χ4v) is 2.42. The molecule has 7 heteroatoms. The van der Waals surface area contributed by atoms with Crippen molar-refractivity contribution in [3.8, 4) is 11.5 Å². The van der Waals surface area contributed by atoms with Crippen LogP contribution >= 0.6 is 15.9 Å². The lowest BCUT2D eigenvalue weighted by Gasteiger charge is -2.08. The van der Waals surface area contributed by atoms with Gasteiger partial charge in [0, 0.05) is 11.6 Å². The largest absolute Gasteiger partial charge is 0.493 e. The van der Waals surface area contributed by atoms with Gasteiger partial charge in [0.1, 0.15) is 0 Å². The van der Waals surface area contributed by atoms with Crippen molar-refractivity contribution >= 4 is 33.5 Å². The van der Waals surface area contributed by atoms with E-state index in [1.807, 2.05) is 0 Å². The topological polar surface area (TPSA) is 78.7 Å². The highest BCUT2D eigenvalue weighted by Crippen LogP contribution is 2.28. The molecule has 24 heavy (non-hydrogen) atoms. The van der Waals surface area contributed by atoms with Gasteiger partial charge >= 0.3 is 0 Å². The minimum atomic E-state index is -0.489. The van der Waals surface area contributed by atoms with Crippen molar-refractivity contribution in [2.75, 3.05) is 14.2 Å². The fourth-order valence-electron chi connectivity index (χ4n) is 2.03. The van der Waals surface area contributed by atoms with Crippen LogP contribution in [0.25, 0.3) is 6.08 Å². The lowest BCUT2D eigenvalue weighted by atomic mass is 10.1. The number of allylic oxidation sites excluding steroid dienone is 1. The van der Waals surface area contributed by atoms with Gasteiger partial charge in [0.15, 0.2) is 17.3 Å². The Bertz CT molecular complexity index is 817. The summed E-state index contributed by atoms with van der Waals surface area (Å²) in [7, 11) is 3.00. The van der Waals surface area contributed by atoms with Gasteiger partial charge in [-0.25, -0.2) is 0 Å². The van der Waals surface area contributed by atoms with Gasteiger partial charge in [-0.2, -0.15) is 0 Å². The van der Waals surface area contributed by atoms with Crippen LogP contribution < -0.4 is 9.47 Å². The molecule has 0 aliphatic carbocycles. The molecule has 2 aromatic carbocycles. The summed E-state index contributed by atoms with van der Waals surface area (Å²) < 4.78 is 10.7. The molecule has 0 heterocycles. The van der Waals surface area contributed by atoms with Crippen molar-refractivity contribution in [1.29, 1.82) is 0 Å². The van der Waals surface area contributed by atoms with Crippen LogP contribution in [0.3, 0.4) is 0 Å². The highest BCUT2D eigenvalue weighted by Gasteiger charge is 2.12. The second-order valence-electron chi connectivity index (χ2n) is 4.74. The van der Waals surface area contributed by atoms with Crippen molar-refractivity contribution < 1.29 is 19.2 Å². The van der Waals surface area contributed by atoms with Crippen LogP contribution in [0, 0.1) is 10.1 Å². The molecule has 0 radical (unpaired) electrons. The van der Waals surface area contributed by atoms with Crippen LogP contribution in [0.1, 0.15) is 15.9 Å². The molecule has 0 fully saturated rings. The number of hydrogen-bond acceptors (Lipinski definition) is 5. The van der Waals surface area contributed by atoms with E-state index < -0.39 is 4.92 Å². The number of rotatable bonds is 6. The number of carbonyl (C=O) groups is 1.